The lowest BCUT2D eigenvalue weighted by Crippen LogP contribution is -2.16. The molecule has 1 aliphatic heterocycles. The van der Waals surface area contributed by atoms with E-state index in [-0.39, 0.29) is 11.7 Å². The van der Waals surface area contributed by atoms with Crippen LogP contribution in [-0.2, 0) is 11.3 Å². The average Bonchev–Trinajstić information content (AvgIpc) is 2.97. The van der Waals surface area contributed by atoms with Crippen molar-refractivity contribution in [2.24, 2.45) is 4.99 Å². The third-order valence-corrected chi connectivity index (χ3v) is 5.71. The molecule has 0 saturated heterocycles. The molecule has 0 bridgehead atoms. The van der Waals surface area contributed by atoms with Gasteiger partial charge in [-0.2, -0.15) is 4.99 Å². The summed E-state index contributed by atoms with van der Waals surface area (Å²) in [6.07, 6.45) is 3.78. The number of rotatable bonds is 4. The van der Waals surface area contributed by atoms with Gasteiger partial charge in [0, 0.05) is 19.3 Å². The number of benzene rings is 2. The Morgan fingerprint density at radius 3 is 2.44 bits per heavy atom. The molecular weight excluding hydrogens is 355 g/mol. The molecule has 3 nitrogen and oxygen atoms in total. The minimum absolute atomic E-state index is 0.172. The van der Waals surface area contributed by atoms with Gasteiger partial charge in [0.05, 0.1) is 4.91 Å². The predicted octanol–water partition coefficient (Wildman–Crippen LogP) is 4.80. The summed E-state index contributed by atoms with van der Waals surface area (Å²) in [6, 6.07) is 14.5. The number of hydrogen-bond acceptors (Lipinski definition) is 4. The van der Waals surface area contributed by atoms with Crippen LogP contribution < -0.4 is 4.90 Å². The number of amides is 1. The van der Waals surface area contributed by atoms with Crippen molar-refractivity contribution >= 4 is 45.6 Å². The summed E-state index contributed by atoms with van der Waals surface area (Å²) in [5, 5.41) is 0. The van der Waals surface area contributed by atoms with Crippen LogP contribution in [0.4, 0.5) is 10.1 Å². The van der Waals surface area contributed by atoms with Crippen molar-refractivity contribution in [2.45, 2.75) is 6.54 Å². The van der Waals surface area contributed by atoms with Crippen LogP contribution in [0.2, 0.25) is 0 Å². The minimum Gasteiger partial charge on any atom is -0.370 e. The number of thioether (sulfide) groups is 2. The van der Waals surface area contributed by atoms with E-state index < -0.39 is 0 Å². The number of hydrogen-bond donors (Lipinski definition) is 0. The van der Waals surface area contributed by atoms with Gasteiger partial charge in [-0.1, -0.05) is 36.0 Å². The fourth-order valence-electron chi connectivity index (χ4n) is 2.41. The molecular formula is C19H17FN2OS2. The molecule has 0 aliphatic carbocycles. The van der Waals surface area contributed by atoms with Gasteiger partial charge in [0.25, 0.3) is 5.91 Å². The highest BCUT2D eigenvalue weighted by Gasteiger charge is 2.20. The number of aliphatic imine (C=N–C) groups is 1. The van der Waals surface area contributed by atoms with E-state index in [2.05, 4.69) is 9.89 Å². The zero-order chi connectivity index (χ0) is 17.8. The SMILES string of the molecule is CSC1=NC(=O)C(=Cc2ccc(CN(C)c3ccc(F)cc3)cc2)S1. The van der Waals surface area contributed by atoms with Crippen molar-refractivity contribution in [2.75, 3.05) is 18.2 Å². The van der Waals surface area contributed by atoms with Gasteiger partial charge in [-0.15, -0.1) is 11.8 Å². The highest BCUT2D eigenvalue weighted by atomic mass is 32.2. The lowest BCUT2D eigenvalue weighted by Gasteiger charge is -2.19. The lowest BCUT2D eigenvalue weighted by molar-refractivity contribution is -0.113. The topological polar surface area (TPSA) is 32.7 Å². The highest BCUT2D eigenvalue weighted by Crippen LogP contribution is 2.32. The van der Waals surface area contributed by atoms with Crippen molar-refractivity contribution in [3.63, 3.8) is 0 Å². The third-order valence-electron chi connectivity index (χ3n) is 3.74. The van der Waals surface area contributed by atoms with Crippen LogP contribution in [-0.4, -0.2) is 23.6 Å². The Bertz CT molecular complexity index is 830. The van der Waals surface area contributed by atoms with Crippen LogP contribution in [0.1, 0.15) is 11.1 Å². The Labute approximate surface area is 155 Å². The molecule has 128 valence electrons. The van der Waals surface area contributed by atoms with Crippen LogP contribution in [0.3, 0.4) is 0 Å². The lowest BCUT2D eigenvalue weighted by atomic mass is 10.1. The number of carbonyl (C=O) groups excluding carboxylic acids is 1. The van der Waals surface area contributed by atoms with Gasteiger partial charge < -0.3 is 4.90 Å². The van der Waals surface area contributed by atoms with E-state index >= 15 is 0 Å². The summed E-state index contributed by atoms with van der Waals surface area (Å²) >= 11 is 2.89. The van der Waals surface area contributed by atoms with Gasteiger partial charge in [0.15, 0.2) is 0 Å². The Morgan fingerprint density at radius 1 is 1.16 bits per heavy atom. The zero-order valence-corrected chi connectivity index (χ0v) is 15.5. The Hall–Kier alpha value is -2.05. The quantitative estimate of drug-likeness (QED) is 0.722. The molecule has 2 aromatic rings. The van der Waals surface area contributed by atoms with Crippen molar-refractivity contribution in [1.29, 1.82) is 0 Å². The van der Waals surface area contributed by atoms with Crippen molar-refractivity contribution < 1.29 is 9.18 Å². The van der Waals surface area contributed by atoms with E-state index in [0.717, 1.165) is 27.7 Å². The van der Waals surface area contributed by atoms with E-state index in [1.165, 1.54) is 35.7 Å². The predicted molar refractivity (Wildman–Crippen MR) is 106 cm³/mol. The number of carbonyl (C=O) groups is 1. The number of halogens is 1. The minimum atomic E-state index is -0.234. The standard InChI is InChI=1S/C19H17FN2OS2/c1-22(16-9-7-15(20)8-10-16)12-14-5-3-13(4-6-14)11-17-18(23)21-19(24-2)25-17/h3-11H,12H2,1-2H3. The van der Waals surface area contributed by atoms with E-state index in [0.29, 0.717) is 4.91 Å². The molecule has 3 rings (SSSR count). The summed E-state index contributed by atoms with van der Waals surface area (Å²) in [6.45, 7) is 0.718. The normalized spacial score (nSPS) is 15.6. The maximum Gasteiger partial charge on any atom is 0.285 e. The van der Waals surface area contributed by atoms with Gasteiger partial charge >= 0.3 is 0 Å². The first-order valence-electron chi connectivity index (χ1n) is 7.67. The molecule has 2 aromatic carbocycles. The molecule has 6 heteroatoms. The Kier molecular flexibility index (Phi) is 5.60. The summed E-state index contributed by atoms with van der Waals surface area (Å²) in [5.74, 6) is -0.406. The van der Waals surface area contributed by atoms with Crippen molar-refractivity contribution in [1.82, 2.24) is 0 Å². The van der Waals surface area contributed by atoms with Crippen LogP contribution in [0.5, 0.6) is 0 Å². The summed E-state index contributed by atoms with van der Waals surface area (Å²) < 4.78 is 13.8. The molecule has 0 fully saturated rings. The first kappa shape index (κ1) is 17.8. The number of nitrogens with zero attached hydrogens (tertiary/aromatic N) is 2. The van der Waals surface area contributed by atoms with E-state index in [1.807, 2.05) is 43.6 Å². The molecule has 0 saturated carbocycles. The summed E-state index contributed by atoms with van der Waals surface area (Å²) in [7, 11) is 1.97. The van der Waals surface area contributed by atoms with Gasteiger partial charge in [-0.3, -0.25) is 4.79 Å². The molecule has 0 atom stereocenters. The smallest absolute Gasteiger partial charge is 0.285 e. The monoisotopic (exact) mass is 372 g/mol. The molecule has 1 heterocycles. The second kappa shape index (κ2) is 7.89. The molecule has 0 spiro atoms. The molecule has 0 unspecified atom stereocenters. The van der Waals surface area contributed by atoms with Crippen molar-refractivity contribution in [3.8, 4) is 0 Å². The Balaban J connectivity index is 1.66. The highest BCUT2D eigenvalue weighted by molar-refractivity contribution is 8.40. The van der Waals surface area contributed by atoms with Crippen LogP contribution in [0, 0.1) is 5.82 Å². The second-order valence-electron chi connectivity index (χ2n) is 5.57. The fourth-order valence-corrected chi connectivity index (χ4v) is 3.83. The number of anilines is 1. The van der Waals surface area contributed by atoms with E-state index in [9.17, 15) is 9.18 Å². The third kappa shape index (κ3) is 4.52. The molecule has 0 N–H and O–H groups in total. The largest absolute Gasteiger partial charge is 0.370 e. The summed E-state index contributed by atoms with van der Waals surface area (Å²) in [4.78, 5) is 18.5. The van der Waals surface area contributed by atoms with Gasteiger partial charge in [-0.25, -0.2) is 4.39 Å². The fraction of sp³-hybridized carbons (Fsp3) is 0.158. The first-order valence-corrected chi connectivity index (χ1v) is 9.71. The molecule has 25 heavy (non-hydrogen) atoms. The van der Waals surface area contributed by atoms with Crippen LogP contribution >= 0.6 is 23.5 Å². The van der Waals surface area contributed by atoms with Gasteiger partial charge in [0.1, 0.15) is 10.2 Å². The molecule has 1 aliphatic rings. The van der Waals surface area contributed by atoms with Gasteiger partial charge in [-0.05, 0) is 47.7 Å². The van der Waals surface area contributed by atoms with Crippen LogP contribution in [0.15, 0.2) is 58.4 Å². The Morgan fingerprint density at radius 2 is 1.84 bits per heavy atom. The van der Waals surface area contributed by atoms with E-state index in [4.69, 9.17) is 0 Å². The van der Waals surface area contributed by atoms with Crippen LogP contribution in [0.25, 0.3) is 6.08 Å². The average molecular weight is 372 g/mol. The maximum absolute atomic E-state index is 13.0. The first-order chi connectivity index (χ1) is 12.0. The second-order valence-corrected chi connectivity index (χ2v) is 7.66. The van der Waals surface area contributed by atoms with Gasteiger partial charge in [0.2, 0.25) is 0 Å². The molecule has 0 radical (unpaired) electrons. The molecule has 0 aromatic heterocycles. The maximum atomic E-state index is 13.0. The molecule has 1 amide bonds. The van der Waals surface area contributed by atoms with E-state index in [1.54, 1.807) is 12.1 Å². The van der Waals surface area contributed by atoms with Crippen molar-refractivity contribution in [3.05, 3.63) is 70.4 Å². The summed E-state index contributed by atoms with van der Waals surface area (Å²) in [5.41, 5.74) is 3.07. The zero-order valence-electron chi connectivity index (χ0n) is 13.9.